The van der Waals surface area contributed by atoms with E-state index in [1.54, 1.807) is 0 Å². The average Bonchev–Trinajstić information content (AvgIpc) is 3.14. The number of anilines is 1. The van der Waals surface area contributed by atoms with Crippen LogP contribution in [-0.4, -0.2) is 11.9 Å². The second kappa shape index (κ2) is 5.61. The Morgan fingerprint density at radius 3 is 2.65 bits per heavy atom. The minimum Gasteiger partial charge on any atom is -0.327 e. The molecule has 1 atom stereocenters. The molecular formula is C13H14ClF3N2O. The molecule has 0 saturated heterocycles. The summed E-state index contributed by atoms with van der Waals surface area (Å²) in [7, 11) is 0. The summed E-state index contributed by atoms with van der Waals surface area (Å²) >= 11 is 5.79. The van der Waals surface area contributed by atoms with E-state index in [1.165, 1.54) is 0 Å². The first-order chi connectivity index (χ1) is 9.27. The number of carbonyl (C=O) groups is 1. The van der Waals surface area contributed by atoms with E-state index >= 15 is 0 Å². The number of alkyl halides is 3. The van der Waals surface area contributed by atoms with Gasteiger partial charge in [-0.2, -0.15) is 13.2 Å². The van der Waals surface area contributed by atoms with Crippen LogP contribution in [0.5, 0.6) is 0 Å². The number of hydrogen-bond acceptors (Lipinski definition) is 2. The minimum atomic E-state index is -4.48. The van der Waals surface area contributed by atoms with Crippen LogP contribution >= 0.6 is 11.6 Å². The second-order valence-electron chi connectivity index (χ2n) is 4.95. The first-order valence-corrected chi connectivity index (χ1v) is 6.57. The van der Waals surface area contributed by atoms with Gasteiger partial charge in [-0.05, 0) is 37.0 Å². The van der Waals surface area contributed by atoms with Crippen LogP contribution < -0.4 is 11.1 Å². The zero-order chi connectivity index (χ0) is 14.9. The van der Waals surface area contributed by atoms with Gasteiger partial charge in [-0.3, -0.25) is 4.79 Å². The Kier molecular flexibility index (Phi) is 4.25. The Balaban J connectivity index is 2.05. The van der Waals surface area contributed by atoms with Crippen molar-refractivity contribution in [1.82, 2.24) is 0 Å². The fourth-order valence-electron chi connectivity index (χ4n) is 1.90. The summed E-state index contributed by atoms with van der Waals surface area (Å²) in [6, 6.07) is 2.55. The molecular weight excluding hydrogens is 293 g/mol. The number of nitrogens with two attached hydrogens (primary N) is 1. The molecule has 3 nitrogen and oxygen atoms in total. The highest BCUT2D eigenvalue weighted by molar-refractivity contribution is 6.33. The molecule has 0 aliphatic heterocycles. The van der Waals surface area contributed by atoms with E-state index in [0.717, 1.165) is 31.0 Å². The lowest BCUT2D eigenvalue weighted by atomic mass is 10.1. The third-order valence-corrected chi connectivity index (χ3v) is 3.55. The number of rotatable bonds is 4. The van der Waals surface area contributed by atoms with Crippen LogP contribution in [0.15, 0.2) is 18.2 Å². The summed E-state index contributed by atoms with van der Waals surface area (Å²) < 4.78 is 37.8. The Bertz CT molecular complexity index is 515. The molecule has 1 aliphatic carbocycles. The predicted molar refractivity (Wildman–Crippen MR) is 70.4 cm³/mol. The minimum absolute atomic E-state index is 0.0468. The van der Waals surface area contributed by atoms with Gasteiger partial charge in [0.1, 0.15) is 0 Å². The molecule has 0 aromatic heterocycles. The van der Waals surface area contributed by atoms with Crippen molar-refractivity contribution >= 4 is 23.2 Å². The number of amides is 1. The number of hydrogen-bond donors (Lipinski definition) is 2. The van der Waals surface area contributed by atoms with E-state index in [1.807, 2.05) is 0 Å². The Labute approximate surface area is 119 Å². The molecule has 1 saturated carbocycles. The van der Waals surface area contributed by atoms with Gasteiger partial charge in [0, 0.05) is 12.5 Å². The maximum atomic E-state index is 12.6. The van der Waals surface area contributed by atoms with Crippen molar-refractivity contribution in [1.29, 1.82) is 0 Å². The fourth-order valence-corrected chi connectivity index (χ4v) is 2.07. The summed E-state index contributed by atoms with van der Waals surface area (Å²) in [5.41, 5.74) is 4.89. The van der Waals surface area contributed by atoms with Crippen LogP contribution in [0.2, 0.25) is 5.02 Å². The smallest absolute Gasteiger partial charge is 0.327 e. The average molecular weight is 307 g/mol. The van der Waals surface area contributed by atoms with Gasteiger partial charge in [0.2, 0.25) is 5.91 Å². The molecule has 1 aliphatic rings. The maximum Gasteiger partial charge on any atom is 0.416 e. The largest absolute Gasteiger partial charge is 0.416 e. The quantitative estimate of drug-likeness (QED) is 0.895. The van der Waals surface area contributed by atoms with E-state index in [2.05, 4.69) is 5.32 Å². The van der Waals surface area contributed by atoms with Crippen LogP contribution in [0.1, 0.15) is 24.8 Å². The third kappa shape index (κ3) is 3.86. The van der Waals surface area contributed by atoms with Crippen molar-refractivity contribution in [3.05, 3.63) is 28.8 Å². The van der Waals surface area contributed by atoms with E-state index in [9.17, 15) is 18.0 Å². The Morgan fingerprint density at radius 2 is 2.10 bits per heavy atom. The summed E-state index contributed by atoms with van der Waals surface area (Å²) in [4.78, 5) is 11.7. The maximum absolute atomic E-state index is 12.6. The van der Waals surface area contributed by atoms with E-state index in [0.29, 0.717) is 5.92 Å². The van der Waals surface area contributed by atoms with Crippen LogP contribution in [0.3, 0.4) is 0 Å². The van der Waals surface area contributed by atoms with Crippen molar-refractivity contribution in [3.8, 4) is 0 Å². The molecule has 0 spiro atoms. The van der Waals surface area contributed by atoms with Gasteiger partial charge in [0.25, 0.3) is 0 Å². The van der Waals surface area contributed by atoms with Crippen LogP contribution in [0.25, 0.3) is 0 Å². The normalized spacial score (nSPS) is 16.9. The van der Waals surface area contributed by atoms with E-state index < -0.39 is 17.6 Å². The molecule has 1 amide bonds. The molecule has 2 rings (SSSR count). The van der Waals surface area contributed by atoms with E-state index in [4.69, 9.17) is 17.3 Å². The highest BCUT2D eigenvalue weighted by Gasteiger charge is 2.32. The molecule has 0 radical (unpaired) electrons. The predicted octanol–water partition coefficient (Wildman–Crippen LogP) is 3.42. The number of nitrogens with one attached hydrogen (secondary N) is 1. The Hall–Kier alpha value is -1.27. The van der Waals surface area contributed by atoms with E-state index in [-0.39, 0.29) is 23.2 Å². The topological polar surface area (TPSA) is 55.1 Å². The molecule has 3 N–H and O–H groups in total. The SMILES string of the molecule is NC(CC(=O)Nc1cc(C(F)(F)F)ccc1Cl)C1CC1. The highest BCUT2D eigenvalue weighted by Crippen LogP contribution is 2.35. The molecule has 1 aromatic carbocycles. The van der Waals surface area contributed by atoms with Crippen LogP contribution in [0.4, 0.5) is 18.9 Å². The van der Waals surface area contributed by atoms with Gasteiger partial charge < -0.3 is 11.1 Å². The third-order valence-electron chi connectivity index (χ3n) is 3.22. The van der Waals surface area contributed by atoms with Gasteiger partial charge in [0.05, 0.1) is 16.3 Å². The van der Waals surface area contributed by atoms with Crippen molar-refractivity contribution in [2.24, 2.45) is 11.7 Å². The van der Waals surface area contributed by atoms with Crippen molar-refractivity contribution < 1.29 is 18.0 Å². The standard InChI is InChI=1S/C13H14ClF3N2O/c14-9-4-3-8(13(15,16)17)5-11(9)19-12(20)6-10(18)7-1-2-7/h3-5,7,10H,1-2,6,18H2,(H,19,20). The zero-order valence-corrected chi connectivity index (χ0v) is 11.3. The summed E-state index contributed by atoms with van der Waals surface area (Å²) in [5, 5.41) is 2.45. The molecule has 7 heteroatoms. The van der Waals surface area contributed by atoms with Gasteiger partial charge in [-0.1, -0.05) is 11.6 Å². The molecule has 110 valence electrons. The first kappa shape index (κ1) is 15.1. The Morgan fingerprint density at radius 1 is 1.45 bits per heavy atom. The molecule has 1 unspecified atom stereocenters. The number of carbonyl (C=O) groups excluding carboxylic acids is 1. The second-order valence-corrected chi connectivity index (χ2v) is 5.35. The molecule has 1 fully saturated rings. The molecule has 0 bridgehead atoms. The van der Waals surface area contributed by atoms with Crippen molar-refractivity contribution in [2.75, 3.05) is 5.32 Å². The fraction of sp³-hybridized carbons (Fsp3) is 0.462. The highest BCUT2D eigenvalue weighted by atomic mass is 35.5. The van der Waals surface area contributed by atoms with Gasteiger partial charge >= 0.3 is 6.18 Å². The van der Waals surface area contributed by atoms with Crippen LogP contribution in [-0.2, 0) is 11.0 Å². The molecule has 20 heavy (non-hydrogen) atoms. The van der Waals surface area contributed by atoms with Crippen LogP contribution in [0, 0.1) is 5.92 Å². The molecule has 1 aromatic rings. The van der Waals surface area contributed by atoms with Gasteiger partial charge in [0.15, 0.2) is 0 Å². The van der Waals surface area contributed by atoms with Crippen molar-refractivity contribution in [2.45, 2.75) is 31.5 Å². The van der Waals surface area contributed by atoms with Crippen molar-refractivity contribution in [3.63, 3.8) is 0 Å². The zero-order valence-electron chi connectivity index (χ0n) is 10.5. The first-order valence-electron chi connectivity index (χ1n) is 6.19. The molecule has 0 heterocycles. The monoisotopic (exact) mass is 306 g/mol. The lowest BCUT2D eigenvalue weighted by Gasteiger charge is -2.13. The lowest BCUT2D eigenvalue weighted by Crippen LogP contribution is -2.29. The summed E-state index contributed by atoms with van der Waals surface area (Å²) in [6.07, 6.45) is -2.40. The summed E-state index contributed by atoms with van der Waals surface area (Å²) in [6.45, 7) is 0. The van der Waals surface area contributed by atoms with Gasteiger partial charge in [-0.15, -0.1) is 0 Å². The lowest BCUT2D eigenvalue weighted by molar-refractivity contribution is -0.137. The number of benzene rings is 1. The summed E-state index contributed by atoms with van der Waals surface area (Å²) in [5.74, 6) is -0.0802. The van der Waals surface area contributed by atoms with Gasteiger partial charge in [-0.25, -0.2) is 0 Å². The number of halogens is 4.